The molecule has 0 saturated carbocycles. The highest BCUT2D eigenvalue weighted by Crippen LogP contribution is 2.20. The summed E-state index contributed by atoms with van der Waals surface area (Å²) in [5.41, 5.74) is 1.60. The van der Waals surface area contributed by atoms with Gasteiger partial charge in [-0.15, -0.1) is 6.42 Å². The molecule has 2 aromatic carbocycles. The number of rotatable bonds is 1. The van der Waals surface area contributed by atoms with Crippen molar-refractivity contribution in [3.05, 3.63) is 64.4 Å². The topological polar surface area (TPSA) is 22.0 Å². The van der Waals surface area contributed by atoms with Crippen molar-refractivity contribution in [1.82, 2.24) is 3.96 Å². The van der Waals surface area contributed by atoms with Crippen LogP contribution in [-0.2, 0) is 0 Å². The lowest BCUT2D eigenvalue weighted by atomic mass is 10.2. The molecule has 3 rings (SSSR count). The van der Waals surface area contributed by atoms with E-state index in [2.05, 4.69) is 5.92 Å². The molecule has 0 spiro atoms. The fraction of sp³-hybridized carbons (Fsp3) is 0. The molecular weight excluding hydrogens is 242 g/mol. The summed E-state index contributed by atoms with van der Waals surface area (Å²) in [7, 11) is 0. The molecule has 0 radical (unpaired) electrons. The van der Waals surface area contributed by atoms with Gasteiger partial charge in [0.05, 0.1) is 15.8 Å². The Bertz CT molecular complexity index is 820. The minimum atomic E-state index is 0.00442. The third-order valence-corrected chi connectivity index (χ3v) is 3.85. The number of hydrogen-bond donors (Lipinski definition) is 0. The van der Waals surface area contributed by atoms with Gasteiger partial charge in [0, 0.05) is 5.56 Å². The minimum absolute atomic E-state index is 0.00442. The van der Waals surface area contributed by atoms with E-state index in [1.54, 1.807) is 3.96 Å². The van der Waals surface area contributed by atoms with Gasteiger partial charge in [-0.05, 0) is 30.3 Å². The Morgan fingerprint density at radius 3 is 2.72 bits per heavy atom. The summed E-state index contributed by atoms with van der Waals surface area (Å²) in [4.78, 5) is 12.3. The largest absolute Gasteiger partial charge is 0.273 e. The molecule has 0 N–H and O–H groups in total. The number of nitrogens with zero attached hydrogens (tertiary/aromatic N) is 1. The second-order valence-corrected chi connectivity index (χ2v) is 4.87. The first-order valence-corrected chi connectivity index (χ1v) is 6.25. The minimum Gasteiger partial charge on any atom is -0.267 e. The van der Waals surface area contributed by atoms with Crippen LogP contribution < -0.4 is 5.56 Å². The van der Waals surface area contributed by atoms with Gasteiger partial charge < -0.3 is 0 Å². The van der Waals surface area contributed by atoms with Crippen LogP contribution in [0.2, 0.25) is 0 Å². The summed E-state index contributed by atoms with van der Waals surface area (Å²) >= 11 is 1.43. The number of benzene rings is 2. The average molecular weight is 251 g/mol. The molecule has 86 valence electrons. The molecule has 18 heavy (non-hydrogen) atoms. The van der Waals surface area contributed by atoms with E-state index < -0.39 is 0 Å². The maximum Gasteiger partial charge on any atom is 0.273 e. The van der Waals surface area contributed by atoms with E-state index in [0.717, 1.165) is 21.3 Å². The Morgan fingerprint density at radius 2 is 1.94 bits per heavy atom. The number of terminal acetylenes is 1. The molecule has 0 atom stereocenters. The molecule has 0 amide bonds. The smallest absolute Gasteiger partial charge is 0.267 e. The van der Waals surface area contributed by atoms with Gasteiger partial charge in [0.15, 0.2) is 0 Å². The highest BCUT2D eigenvalue weighted by molar-refractivity contribution is 7.14. The van der Waals surface area contributed by atoms with Crippen LogP contribution in [0.1, 0.15) is 5.56 Å². The second kappa shape index (κ2) is 4.17. The average Bonchev–Trinajstić information content (AvgIpc) is 2.77. The summed E-state index contributed by atoms with van der Waals surface area (Å²) in [5, 5.41) is 0.744. The molecule has 0 fully saturated rings. The summed E-state index contributed by atoms with van der Waals surface area (Å²) in [6, 6.07) is 15.0. The van der Waals surface area contributed by atoms with Crippen molar-refractivity contribution in [2.24, 2.45) is 0 Å². The maximum atomic E-state index is 12.3. The van der Waals surface area contributed by atoms with Gasteiger partial charge in [0.2, 0.25) is 0 Å². The normalized spacial score (nSPS) is 10.4. The standard InChI is InChI=1S/C15H9NOS/c1-2-11-6-5-7-12(10-11)16-15(17)13-8-3-4-9-14(13)18-16/h1,3-10H. The quantitative estimate of drug-likeness (QED) is 0.609. The van der Waals surface area contributed by atoms with Crippen LogP contribution in [0.4, 0.5) is 0 Å². The van der Waals surface area contributed by atoms with Crippen molar-refractivity contribution < 1.29 is 0 Å². The Morgan fingerprint density at radius 1 is 1.11 bits per heavy atom. The van der Waals surface area contributed by atoms with Crippen LogP contribution in [0.5, 0.6) is 0 Å². The van der Waals surface area contributed by atoms with Gasteiger partial charge in [-0.25, -0.2) is 3.96 Å². The molecule has 0 aliphatic carbocycles. The monoisotopic (exact) mass is 251 g/mol. The summed E-state index contributed by atoms with van der Waals surface area (Å²) in [6.07, 6.45) is 5.38. The van der Waals surface area contributed by atoms with Crippen LogP contribution in [0.25, 0.3) is 15.8 Å². The van der Waals surface area contributed by atoms with Crippen LogP contribution in [0.15, 0.2) is 53.3 Å². The van der Waals surface area contributed by atoms with Crippen molar-refractivity contribution in [1.29, 1.82) is 0 Å². The van der Waals surface area contributed by atoms with Crippen molar-refractivity contribution in [3.8, 4) is 18.0 Å². The third-order valence-electron chi connectivity index (χ3n) is 2.74. The van der Waals surface area contributed by atoms with E-state index in [-0.39, 0.29) is 5.56 Å². The fourth-order valence-electron chi connectivity index (χ4n) is 1.86. The number of aromatic nitrogens is 1. The van der Waals surface area contributed by atoms with E-state index >= 15 is 0 Å². The summed E-state index contributed by atoms with van der Waals surface area (Å²) in [5.74, 6) is 2.58. The highest BCUT2D eigenvalue weighted by Gasteiger charge is 2.08. The first-order valence-electron chi connectivity index (χ1n) is 5.48. The van der Waals surface area contributed by atoms with Crippen molar-refractivity contribution >= 4 is 21.6 Å². The Labute approximate surface area is 108 Å². The molecule has 0 unspecified atom stereocenters. The fourth-order valence-corrected chi connectivity index (χ4v) is 2.85. The van der Waals surface area contributed by atoms with Gasteiger partial charge >= 0.3 is 0 Å². The van der Waals surface area contributed by atoms with Gasteiger partial charge in [-0.2, -0.15) is 0 Å². The van der Waals surface area contributed by atoms with Crippen LogP contribution >= 0.6 is 11.5 Å². The van der Waals surface area contributed by atoms with Crippen molar-refractivity contribution in [2.45, 2.75) is 0 Å². The Balaban J connectivity index is 2.29. The Hall–Kier alpha value is -2.31. The SMILES string of the molecule is C#Cc1cccc(-n2sc3ccccc3c2=O)c1. The zero-order valence-electron chi connectivity index (χ0n) is 9.46. The molecule has 3 heteroatoms. The highest BCUT2D eigenvalue weighted by atomic mass is 32.1. The molecule has 2 nitrogen and oxygen atoms in total. The van der Waals surface area contributed by atoms with Gasteiger partial charge in [-0.3, -0.25) is 4.79 Å². The molecule has 3 aromatic rings. The molecule has 0 aliphatic heterocycles. The van der Waals surface area contributed by atoms with Crippen LogP contribution in [0.3, 0.4) is 0 Å². The number of hydrogen-bond acceptors (Lipinski definition) is 2. The molecule has 1 aromatic heterocycles. The Kier molecular flexibility index (Phi) is 2.51. The molecular formula is C15H9NOS. The first kappa shape index (κ1) is 10.8. The van der Waals surface area contributed by atoms with E-state index in [1.165, 1.54) is 11.5 Å². The maximum absolute atomic E-state index is 12.3. The lowest BCUT2D eigenvalue weighted by molar-refractivity contribution is 1.14. The third kappa shape index (κ3) is 1.64. The molecule has 0 saturated heterocycles. The second-order valence-electron chi connectivity index (χ2n) is 3.88. The van der Waals surface area contributed by atoms with Gasteiger partial charge in [0.1, 0.15) is 0 Å². The van der Waals surface area contributed by atoms with Crippen molar-refractivity contribution in [3.63, 3.8) is 0 Å². The van der Waals surface area contributed by atoms with Crippen molar-refractivity contribution in [2.75, 3.05) is 0 Å². The zero-order valence-corrected chi connectivity index (χ0v) is 10.3. The molecule has 0 aliphatic rings. The first-order chi connectivity index (χ1) is 8.79. The van der Waals surface area contributed by atoms with E-state index in [9.17, 15) is 4.79 Å². The lowest BCUT2D eigenvalue weighted by Gasteiger charge is -2.00. The summed E-state index contributed by atoms with van der Waals surface area (Å²) < 4.78 is 2.65. The zero-order chi connectivity index (χ0) is 12.5. The van der Waals surface area contributed by atoms with E-state index in [0.29, 0.717) is 0 Å². The molecule has 1 heterocycles. The lowest BCUT2D eigenvalue weighted by Crippen LogP contribution is -2.10. The predicted molar refractivity (Wildman–Crippen MR) is 75.4 cm³/mol. The van der Waals surface area contributed by atoms with Gasteiger partial charge in [-0.1, -0.05) is 35.7 Å². The van der Waals surface area contributed by atoms with E-state index in [1.807, 2.05) is 48.5 Å². The van der Waals surface area contributed by atoms with Crippen LogP contribution in [-0.4, -0.2) is 3.96 Å². The number of fused-ring (bicyclic) bond motifs is 1. The molecule has 0 bridgehead atoms. The van der Waals surface area contributed by atoms with Gasteiger partial charge in [0.25, 0.3) is 5.56 Å². The summed E-state index contributed by atoms with van der Waals surface area (Å²) in [6.45, 7) is 0. The van der Waals surface area contributed by atoms with Crippen LogP contribution in [0, 0.1) is 12.3 Å². The van der Waals surface area contributed by atoms with E-state index in [4.69, 9.17) is 6.42 Å². The predicted octanol–water partition coefficient (Wildman–Crippen LogP) is 3.03.